The molecule has 0 spiro atoms. The maximum atomic E-state index is 13.2. The lowest BCUT2D eigenvalue weighted by molar-refractivity contribution is -0.135. The zero-order valence-electron chi connectivity index (χ0n) is 15.6. The van der Waals surface area contributed by atoms with E-state index < -0.39 is 0 Å². The van der Waals surface area contributed by atoms with Crippen molar-refractivity contribution in [2.75, 3.05) is 36.0 Å². The summed E-state index contributed by atoms with van der Waals surface area (Å²) in [5, 5.41) is 9.98. The lowest BCUT2D eigenvalue weighted by Gasteiger charge is -2.37. The molecule has 0 aromatic carbocycles. The van der Waals surface area contributed by atoms with Crippen molar-refractivity contribution in [1.82, 2.24) is 15.1 Å². The molecular weight excluding hydrogens is 350 g/mol. The van der Waals surface area contributed by atoms with Gasteiger partial charge in [0.15, 0.2) is 0 Å². The average Bonchev–Trinajstić information content (AvgIpc) is 3.32. The number of aromatic nitrogens is 2. The molecule has 3 saturated heterocycles. The molecule has 2 amide bonds. The van der Waals surface area contributed by atoms with Crippen LogP contribution in [0.3, 0.4) is 0 Å². The quantitative estimate of drug-likeness (QED) is 0.807. The van der Waals surface area contributed by atoms with Crippen molar-refractivity contribution in [3.8, 4) is 0 Å². The molecule has 0 aliphatic carbocycles. The summed E-state index contributed by atoms with van der Waals surface area (Å²) in [6, 6.07) is -0.137. The molecular formula is C18H27N5O2S. The largest absolute Gasteiger partial charge is 0.340 e. The molecule has 4 rings (SSSR count). The molecule has 3 unspecified atom stereocenters. The highest BCUT2D eigenvalue weighted by atomic mass is 32.1. The minimum absolute atomic E-state index is 0.123. The van der Waals surface area contributed by atoms with Crippen LogP contribution in [0.15, 0.2) is 0 Å². The molecule has 26 heavy (non-hydrogen) atoms. The Morgan fingerprint density at radius 3 is 2.50 bits per heavy atom. The van der Waals surface area contributed by atoms with Crippen LogP contribution in [-0.2, 0) is 9.59 Å². The molecule has 0 radical (unpaired) electrons. The van der Waals surface area contributed by atoms with E-state index in [1.54, 1.807) is 4.90 Å². The van der Waals surface area contributed by atoms with Crippen LogP contribution >= 0.6 is 11.3 Å². The van der Waals surface area contributed by atoms with Crippen LogP contribution in [0.1, 0.15) is 46.0 Å². The first-order chi connectivity index (χ1) is 12.5. The molecule has 0 N–H and O–H groups in total. The van der Waals surface area contributed by atoms with Gasteiger partial charge in [-0.05, 0) is 37.5 Å². The van der Waals surface area contributed by atoms with E-state index in [-0.39, 0.29) is 17.9 Å². The summed E-state index contributed by atoms with van der Waals surface area (Å²) in [7, 11) is 0. The zero-order chi connectivity index (χ0) is 18.3. The maximum Gasteiger partial charge on any atom is 0.245 e. The van der Waals surface area contributed by atoms with Crippen molar-refractivity contribution < 1.29 is 9.59 Å². The van der Waals surface area contributed by atoms with Crippen molar-refractivity contribution in [3.63, 3.8) is 0 Å². The molecule has 3 fully saturated rings. The van der Waals surface area contributed by atoms with Gasteiger partial charge in [0.25, 0.3) is 0 Å². The highest BCUT2D eigenvalue weighted by molar-refractivity contribution is 7.19. The molecule has 3 aliphatic heterocycles. The maximum absolute atomic E-state index is 13.2. The van der Waals surface area contributed by atoms with Gasteiger partial charge in [0, 0.05) is 32.6 Å². The van der Waals surface area contributed by atoms with Crippen LogP contribution < -0.4 is 9.80 Å². The van der Waals surface area contributed by atoms with E-state index in [1.807, 2.05) is 4.90 Å². The lowest BCUT2D eigenvalue weighted by atomic mass is 9.91. The number of amides is 2. The monoisotopic (exact) mass is 377 g/mol. The predicted molar refractivity (Wildman–Crippen MR) is 101 cm³/mol. The van der Waals surface area contributed by atoms with E-state index in [1.165, 1.54) is 17.8 Å². The second kappa shape index (κ2) is 7.13. The third kappa shape index (κ3) is 3.31. The van der Waals surface area contributed by atoms with E-state index in [9.17, 15) is 9.59 Å². The second-order valence-corrected chi connectivity index (χ2v) is 8.99. The summed E-state index contributed by atoms with van der Waals surface area (Å²) in [6.45, 7) is 7.73. The third-order valence-electron chi connectivity index (χ3n) is 5.67. The SMILES string of the molecule is CC1CC(C)CN(C(=O)C2CCCN2c2nnc(N3CCCC3=O)s2)C1. The summed E-state index contributed by atoms with van der Waals surface area (Å²) >= 11 is 1.44. The number of anilines is 2. The van der Waals surface area contributed by atoms with Gasteiger partial charge >= 0.3 is 0 Å². The van der Waals surface area contributed by atoms with E-state index in [0.717, 1.165) is 50.6 Å². The van der Waals surface area contributed by atoms with Gasteiger partial charge in [-0.1, -0.05) is 25.2 Å². The second-order valence-electron chi connectivity index (χ2n) is 8.06. The molecule has 1 aromatic heterocycles. The number of piperidine rings is 1. The molecule has 7 nitrogen and oxygen atoms in total. The normalized spacial score (nSPS) is 29.7. The molecule has 8 heteroatoms. The van der Waals surface area contributed by atoms with Crippen LogP contribution in [-0.4, -0.2) is 59.1 Å². The van der Waals surface area contributed by atoms with Crippen molar-refractivity contribution in [1.29, 1.82) is 0 Å². The fraction of sp³-hybridized carbons (Fsp3) is 0.778. The molecule has 142 valence electrons. The van der Waals surface area contributed by atoms with Gasteiger partial charge in [-0.3, -0.25) is 14.5 Å². The predicted octanol–water partition coefficient (Wildman–Crippen LogP) is 2.14. The van der Waals surface area contributed by atoms with Gasteiger partial charge in [-0.2, -0.15) is 0 Å². The smallest absolute Gasteiger partial charge is 0.245 e. The fourth-order valence-corrected chi connectivity index (χ4v) is 5.56. The van der Waals surface area contributed by atoms with Gasteiger partial charge in [0.1, 0.15) is 6.04 Å². The van der Waals surface area contributed by atoms with Gasteiger partial charge in [0.05, 0.1) is 0 Å². The first-order valence-electron chi connectivity index (χ1n) is 9.72. The Morgan fingerprint density at radius 1 is 1.08 bits per heavy atom. The molecule has 4 heterocycles. The Kier molecular flexibility index (Phi) is 4.86. The number of rotatable bonds is 3. The number of likely N-dealkylation sites (tertiary alicyclic amines) is 1. The summed E-state index contributed by atoms with van der Waals surface area (Å²) in [5.74, 6) is 1.48. The standard InChI is InChI=1S/C18H27N5O2S/c1-12-9-13(2)11-21(10-12)16(25)14-5-3-7-22(14)17-19-20-18(26-17)23-8-4-6-15(23)24/h12-14H,3-11H2,1-2H3. The Morgan fingerprint density at radius 2 is 1.81 bits per heavy atom. The molecule has 0 saturated carbocycles. The van der Waals surface area contributed by atoms with Gasteiger partial charge < -0.3 is 9.80 Å². The highest BCUT2D eigenvalue weighted by Crippen LogP contribution is 2.34. The van der Waals surface area contributed by atoms with Crippen LogP contribution in [0.2, 0.25) is 0 Å². The summed E-state index contributed by atoms with van der Waals surface area (Å²) < 4.78 is 0. The van der Waals surface area contributed by atoms with Crippen molar-refractivity contribution in [2.24, 2.45) is 11.8 Å². The number of nitrogens with zero attached hydrogens (tertiary/aromatic N) is 5. The Bertz CT molecular complexity index is 683. The molecule has 3 aliphatic rings. The summed E-state index contributed by atoms with van der Waals surface area (Å²) in [5.41, 5.74) is 0. The zero-order valence-corrected chi connectivity index (χ0v) is 16.4. The van der Waals surface area contributed by atoms with Crippen LogP contribution in [0.5, 0.6) is 0 Å². The topological polar surface area (TPSA) is 69.6 Å². The first kappa shape index (κ1) is 17.7. The Hall–Kier alpha value is -1.70. The molecule has 1 aromatic rings. The van der Waals surface area contributed by atoms with Crippen LogP contribution in [0.4, 0.5) is 10.3 Å². The Balaban J connectivity index is 1.49. The van der Waals surface area contributed by atoms with Gasteiger partial charge in [0.2, 0.25) is 22.1 Å². The van der Waals surface area contributed by atoms with E-state index in [4.69, 9.17) is 0 Å². The summed E-state index contributed by atoms with van der Waals surface area (Å²) in [6.07, 6.45) is 4.53. The summed E-state index contributed by atoms with van der Waals surface area (Å²) in [4.78, 5) is 31.0. The van der Waals surface area contributed by atoms with E-state index in [2.05, 4.69) is 28.9 Å². The van der Waals surface area contributed by atoms with Crippen LogP contribution in [0, 0.1) is 11.8 Å². The Labute approximate surface area is 158 Å². The minimum atomic E-state index is -0.137. The van der Waals surface area contributed by atoms with Crippen molar-refractivity contribution in [2.45, 2.75) is 52.0 Å². The molecule has 3 atom stereocenters. The van der Waals surface area contributed by atoms with E-state index >= 15 is 0 Å². The number of hydrogen-bond donors (Lipinski definition) is 0. The number of carbonyl (C=O) groups is 2. The number of carbonyl (C=O) groups excluding carboxylic acids is 2. The minimum Gasteiger partial charge on any atom is -0.340 e. The first-order valence-corrected chi connectivity index (χ1v) is 10.5. The third-order valence-corrected chi connectivity index (χ3v) is 6.66. The number of hydrogen-bond acceptors (Lipinski definition) is 6. The highest BCUT2D eigenvalue weighted by Gasteiger charge is 2.38. The van der Waals surface area contributed by atoms with Crippen molar-refractivity contribution >= 4 is 33.4 Å². The molecule has 0 bridgehead atoms. The average molecular weight is 378 g/mol. The lowest BCUT2D eigenvalue weighted by Crippen LogP contribution is -2.50. The van der Waals surface area contributed by atoms with Gasteiger partial charge in [-0.15, -0.1) is 10.2 Å². The van der Waals surface area contributed by atoms with E-state index in [0.29, 0.717) is 23.4 Å². The van der Waals surface area contributed by atoms with Crippen molar-refractivity contribution in [3.05, 3.63) is 0 Å². The van der Waals surface area contributed by atoms with Gasteiger partial charge in [-0.25, -0.2) is 0 Å². The van der Waals surface area contributed by atoms with Crippen LogP contribution in [0.25, 0.3) is 0 Å². The fourth-order valence-electron chi connectivity index (χ4n) is 4.59.